The number of unbranched alkanes of at least 4 members (excludes halogenated alkanes) is 1. The molecule has 0 atom stereocenters. The maximum atomic E-state index is 3.19. The highest BCUT2D eigenvalue weighted by Gasteiger charge is 2.14. The second kappa shape index (κ2) is 7.18. The number of rotatable bonds is 6. The molecule has 1 rings (SSSR count). The van der Waals surface area contributed by atoms with Crippen molar-refractivity contribution in [3.63, 3.8) is 0 Å². The Morgan fingerprint density at radius 1 is 1.43 bits per heavy atom. The third-order valence-electron chi connectivity index (χ3n) is 2.39. The van der Waals surface area contributed by atoms with Crippen LogP contribution < -0.4 is 5.32 Å². The first-order chi connectivity index (χ1) is 6.88. The fourth-order valence-electron chi connectivity index (χ4n) is 1.63. The Bertz CT molecular complexity index is 174. The average Bonchev–Trinajstić information content (AvgIpc) is 2.71. The van der Waals surface area contributed by atoms with Crippen molar-refractivity contribution in [3.8, 4) is 0 Å². The molecule has 2 nitrogen and oxygen atoms in total. The molecule has 14 heavy (non-hydrogen) atoms. The number of hydrogen-bond donors (Lipinski definition) is 1. The van der Waals surface area contributed by atoms with Crippen molar-refractivity contribution >= 4 is 11.8 Å². The number of nitrogens with zero attached hydrogens (tertiary/aromatic N) is 1. The maximum absolute atomic E-state index is 3.19. The van der Waals surface area contributed by atoms with Crippen molar-refractivity contribution in [2.75, 3.05) is 26.0 Å². The Labute approximate surface area is 92.1 Å². The molecular formula is C11H22N2S. The minimum absolute atomic E-state index is 1.02. The molecule has 1 N–H and O–H groups in total. The highest BCUT2D eigenvalue weighted by Crippen LogP contribution is 2.24. The van der Waals surface area contributed by atoms with Crippen LogP contribution in [0.1, 0.15) is 32.6 Å². The van der Waals surface area contributed by atoms with E-state index < -0.39 is 0 Å². The normalized spacial score (nSPS) is 17.9. The summed E-state index contributed by atoms with van der Waals surface area (Å²) in [6, 6.07) is 0. The van der Waals surface area contributed by atoms with Gasteiger partial charge in [-0.05, 0) is 26.3 Å². The Morgan fingerprint density at radius 2 is 2.14 bits per heavy atom. The molecule has 1 aliphatic rings. The second-order valence-electron chi connectivity index (χ2n) is 3.67. The largest absolute Gasteiger partial charge is 0.367 e. The van der Waals surface area contributed by atoms with Crippen molar-refractivity contribution in [1.29, 1.82) is 0 Å². The van der Waals surface area contributed by atoms with E-state index in [0.717, 1.165) is 5.88 Å². The fraction of sp³-hybridized carbons (Fsp3) is 0.818. The van der Waals surface area contributed by atoms with E-state index in [4.69, 9.17) is 0 Å². The number of thioether (sulfide) groups is 1. The van der Waals surface area contributed by atoms with E-state index in [0.29, 0.717) is 0 Å². The Balaban J connectivity index is 2.42. The summed E-state index contributed by atoms with van der Waals surface area (Å²) >= 11 is 1.93. The van der Waals surface area contributed by atoms with Crippen LogP contribution in [0.3, 0.4) is 0 Å². The lowest BCUT2D eigenvalue weighted by atomic mass is 10.3. The maximum Gasteiger partial charge on any atom is 0.0679 e. The summed E-state index contributed by atoms with van der Waals surface area (Å²) in [5.41, 5.74) is 0. The molecule has 0 aromatic rings. The molecule has 0 aliphatic carbocycles. The first-order valence-corrected chi connectivity index (χ1v) is 6.59. The van der Waals surface area contributed by atoms with Gasteiger partial charge in [-0.3, -0.25) is 0 Å². The fourth-order valence-corrected chi connectivity index (χ4v) is 2.52. The van der Waals surface area contributed by atoms with Crippen LogP contribution in [-0.4, -0.2) is 30.9 Å². The van der Waals surface area contributed by atoms with Crippen molar-refractivity contribution in [2.45, 2.75) is 32.6 Å². The van der Waals surface area contributed by atoms with Crippen LogP contribution in [0, 0.1) is 0 Å². The summed E-state index contributed by atoms with van der Waals surface area (Å²) in [7, 11) is 2.01. The Morgan fingerprint density at radius 3 is 2.71 bits per heavy atom. The molecule has 1 heterocycles. The van der Waals surface area contributed by atoms with Crippen LogP contribution >= 0.6 is 11.8 Å². The molecule has 0 bridgehead atoms. The Hall–Kier alpha value is -0.150. The second-order valence-corrected chi connectivity index (χ2v) is 4.66. The Kier molecular flexibility index (Phi) is 6.12. The number of hydrogen-bond acceptors (Lipinski definition) is 3. The van der Waals surface area contributed by atoms with E-state index in [-0.39, 0.29) is 0 Å². The number of nitrogens with one attached hydrogen (secondary N) is 1. The first-order valence-electron chi connectivity index (χ1n) is 5.61. The van der Waals surface area contributed by atoms with Crippen molar-refractivity contribution in [1.82, 2.24) is 10.2 Å². The van der Waals surface area contributed by atoms with E-state index in [2.05, 4.69) is 23.2 Å². The molecule has 0 aromatic heterocycles. The molecule has 1 fully saturated rings. The van der Waals surface area contributed by atoms with E-state index in [1.165, 1.54) is 43.8 Å². The number of allylic oxidation sites excluding steroid dienone is 1. The van der Waals surface area contributed by atoms with Gasteiger partial charge in [-0.25, -0.2) is 0 Å². The summed E-state index contributed by atoms with van der Waals surface area (Å²) in [5, 5.41) is 4.68. The molecule has 0 radical (unpaired) electrons. The molecule has 0 spiro atoms. The molecule has 0 saturated carbocycles. The predicted octanol–water partition coefficient (Wildman–Crippen LogP) is 2.63. The predicted molar refractivity (Wildman–Crippen MR) is 65.3 cm³/mol. The summed E-state index contributed by atoms with van der Waals surface area (Å²) in [5.74, 6) is 1.02. The zero-order valence-electron chi connectivity index (χ0n) is 9.38. The molecule has 0 amide bonds. The molecule has 0 aromatic carbocycles. The van der Waals surface area contributed by atoms with Gasteiger partial charge in [0.05, 0.1) is 5.03 Å². The van der Waals surface area contributed by atoms with Gasteiger partial charge in [0.25, 0.3) is 0 Å². The molecule has 82 valence electrons. The first kappa shape index (κ1) is 11.9. The van der Waals surface area contributed by atoms with Crippen LogP contribution in [-0.2, 0) is 0 Å². The van der Waals surface area contributed by atoms with Crippen LogP contribution in [0.4, 0.5) is 0 Å². The van der Waals surface area contributed by atoms with Crippen LogP contribution in [0.2, 0.25) is 0 Å². The molecule has 1 saturated heterocycles. The van der Waals surface area contributed by atoms with Crippen LogP contribution in [0.15, 0.2) is 11.1 Å². The summed E-state index contributed by atoms with van der Waals surface area (Å²) in [6.07, 6.45) is 7.58. The van der Waals surface area contributed by atoms with Gasteiger partial charge in [-0.1, -0.05) is 31.2 Å². The SMILES string of the molecule is CCC/C=C(/SCNC)N1CCCC1. The van der Waals surface area contributed by atoms with Crippen molar-refractivity contribution < 1.29 is 0 Å². The minimum atomic E-state index is 1.02. The number of likely N-dealkylation sites (tertiary alicyclic amines) is 1. The molecule has 3 heteroatoms. The molecule has 1 aliphatic heterocycles. The van der Waals surface area contributed by atoms with Crippen molar-refractivity contribution in [2.24, 2.45) is 0 Å². The van der Waals surface area contributed by atoms with E-state index in [1.54, 1.807) is 0 Å². The van der Waals surface area contributed by atoms with Crippen LogP contribution in [0.5, 0.6) is 0 Å². The lowest BCUT2D eigenvalue weighted by molar-refractivity contribution is 0.454. The van der Waals surface area contributed by atoms with Gasteiger partial charge in [0, 0.05) is 19.0 Å². The lowest BCUT2D eigenvalue weighted by Gasteiger charge is -2.20. The van der Waals surface area contributed by atoms with E-state index >= 15 is 0 Å². The topological polar surface area (TPSA) is 15.3 Å². The summed E-state index contributed by atoms with van der Waals surface area (Å²) in [6.45, 7) is 4.75. The van der Waals surface area contributed by atoms with Crippen molar-refractivity contribution in [3.05, 3.63) is 11.1 Å². The van der Waals surface area contributed by atoms with E-state index in [9.17, 15) is 0 Å². The highest BCUT2D eigenvalue weighted by atomic mass is 32.2. The van der Waals surface area contributed by atoms with Gasteiger partial charge in [-0.15, -0.1) is 0 Å². The monoisotopic (exact) mass is 214 g/mol. The average molecular weight is 214 g/mol. The standard InChI is InChI=1S/C11H22N2S/c1-3-4-7-11(14-10-12-2)13-8-5-6-9-13/h7,12H,3-6,8-10H2,1-2H3/b11-7+. The van der Waals surface area contributed by atoms with Gasteiger partial charge in [0.15, 0.2) is 0 Å². The minimum Gasteiger partial charge on any atom is -0.367 e. The zero-order valence-corrected chi connectivity index (χ0v) is 10.2. The third-order valence-corrected chi connectivity index (χ3v) is 3.54. The smallest absolute Gasteiger partial charge is 0.0679 e. The molecule has 0 unspecified atom stereocenters. The highest BCUT2D eigenvalue weighted by molar-refractivity contribution is 8.02. The van der Waals surface area contributed by atoms with Gasteiger partial charge < -0.3 is 10.2 Å². The summed E-state index contributed by atoms with van der Waals surface area (Å²) in [4.78, 5) is 2.53. The third kappa shape index (κ3) is 3.93. The lowest BCUT2D eigenvalue weighted by Crippen LogP contribution is -2.18. The molecular weight excluding hydrogens is 192 g/mol. The van der Waals surface area contributed by atoms with Gasteiger partial charge in [0.1, 0.15) is 0 Å². The van der Waals surface area contributed by atoms with E-state index in [1.807, 2.05) is 18.8 Å². The zero-order chi connectivity index (χ0) is 10.2. The van der Waals surface area contributed by atoms with Gasteiger partial charge >= 0.3 is 0 Å². The quantitative estimate of drug-likeness (QED) is 0.684. The van der Waals surface area contributed by atoms with Gasteiger partial charge in [-0.2, -0.15) is 0 Å². The van der Waals surface area contributed by atoms with Crippen LogP contribution in [0.25, 0.3) is 0 Å². The summed E-state index contributed by atoms with van der Waals surface area (Å²) < 4.78 is 0. The van der Waals surface area contributed by atoms with Gasteiger partial charge in [0.2, 0.25) is 0 Å².